The van der Waals surface area contributed by atoms with Crippen LogP contribution in [0.4, 0.5) is 10.6 Å². The Hall–Kier alpha value is -2.63. The maximum atomic E-state index is 12.8. The first kappa shape index (κ1) is 14.0. The summed E-state index contributed by atoms with van der Waals surface area (Å²) in [7, 11) is 0. The molecule has 0 saturated carbocycles. The molecule has 2 aliphatic heterocycles. The highest BCUT2D eigenvalue weighted by atomic mass is 16.2. The molecule has 0 bridgehead atoms. The van der Waals surface area contributed by atoms with Crippen molar-refractivity contribution >= 4 is 17.8 Å². The van der Waals surface area contributed by atoms with Crippen molar-refractivity contribution in [1.82, 2.24) is 14.7 Å². The molecule has 23 heavy (non-hydrogen) atoms. The summed E-state index contributed by atoms with van der Waals surface area (Å²) in [6.07, 6.45) is 3.11. The molecule has 0 N–H and O–H groups in total. The number of aromatic nitrogens is 2. The second-order valence-electron chi connectivity index (χ2n) is 5.99. The number of benzene rings is 1. The summed E-state index contributed by atoms with van der Waals surface area (Å²) in [5.41, 5.74) is 2.27. The highest BCUT2D eigenvalue weighted by molar-refractivity contribution is 6.21. The van der Waals surface area contributed by atoms with E-state index in [1.54, 1.807) is 21.8 Å². The third-order valence-electron chi connectivity index (χ3n) is 4.55. The highest BCUT2D eigenvalue weighted by Gasteiger charge is 2.48. The summed E-state index contributed by atoms with van der Waals surface area (Å²) in [6.45, 7) is 3.22. The Bertz CT molecular complexity index is 739. The van der Waals surface area contributed by atoms with Crippen LogP contribution >= 0.6 is 0 Å². The molecule has 3 amide bonds. The average Bonchev–Trinajstić information content (AvgIpc) is 3.10. The number of carbonyl (C=O) groups is 2. The molecule has 6 heteroatoms. The van der Waals surface area contributed by atoms with Crippen molar-refractivity contribution in [3.63, 3.8) is 0 Å². The molecule has 0 unspecified atom stereocenters. The van der Waals surface area contributed by atoms with Crippen LogP contribution in [0.5, 0.6) is 0 Å². The van der Waals surface area contributed by atoms with Crippen LogP contribution in [0.25, 0.3) is 0 Å². The topological polar surface area (TPSA) is 58.4 Å². The van der Waals surface area contributed by atoms with Gasteiger partial charge in [-0.25, -0.2) is 14.4 Å². The SMILES string of the molecule is CCCn1nccc1N1C(=O)[C@H]2Cc3ccccc3CN2C1=O. The lowest BCUT2D eigenvalue weighted by Crippen LogP contribution is -2.39. The number of hydrogen-bond acceptors (Lipinski definition) is 3. The van der Waals surface area contributed by atoms with E-state index in [0.29, 0.717) is 25.3 Å². The average molecular weight is 310 g/mol. The molecule has 1 aromatic heterocycles. The van der Waals surface area contributed by atoms with Crippen molar-refractivity contribution in [2.75, 3.05) is 4.90 Å². The van der Waals surface area contributed by atoms with E-state index < -0.39 is 6.04 Å². The van der Waals surface area contributed by atoms with Crippen LogP contribution in [-0.4, -0.2) is 32.7 Å². The first-order chi connectivity index (χ1) is 11.2. The van der Waals surface area contributed by atoms with Crippen molar-refractivity contribution in [2.24, 2.45) is 0 Å². The van der Waals surface area contributed by atoms with Crippen molar-refractivity contribution in [2.45, 2.75) is 38.9 Å². The Morgan fingerprint density at radius 1 is 1.17 bits per heavy atom. The molecule has 1 atom stereocenters. The molecular weight excluding hydrogens is 292 g/mol. The van der Waals surface area contributed by atoms with Gasteiger partial charge < -0.3 is 4.90 Å². The van der Waals surface area contributed by atoms with Crippen molar-refractivity contribution in [1.29, 1.82) is 0 Å². The predicted molar refractivity (Wildman–Crippen MR) is 84.9 cm³/mol. The summed E-state index contributed by atoms with van der Waals surface area (Å²) in [5, 5.41) is 4.23. The fourth-order valence-corrected chi connectivity index (χ4v) is 3.43. The normalized spacial score (nSPS) is 20.0. The fourth-order valence-electron chi connectivity index (χ4n) is 3.43. The number of rotatable bonds is 3. The van der Waals surface area contributed by atoms with Crippen LogP contribution in [0.3, 0.4) is 0 Å². The zero-order chi connectivity index (χ0) is 16.0. The highest BCUT2D eigenvalue weighted by Crippen LogP contribution is 2.32. The number of urea groups is 1. The number of imide groups is 1. The van der Waals surface area contributed by atoms with Crippen LogP contribution in [0.1, 0.15) is 24.5 Å². The molecular formula is C17H18N4O2. The minimum atomic E-state index is -0.401. The molecule has 2 aliphatic rings. The second-order valence-corrected chi connectivity index (χ2v) is 5.99. The molecule has 0 aliphatic carbocycles. The number of aryl methyl sites for hydroxylation is 1. The number of fused-ring (bicyclic) bond motifs is 2. The third kappa shape index (κ3) is 2.05. The Morgan fingerprint density at radius 3 is 2.74 bits per heavy atom. The van der Waals surface area contributed by atoms with Crippen LogP contribution in [0, 0.1) is 0 Å². The smallest absolute Gasteiger partial charge is 0.307 e. The van der Waals surface area contributed by atoms with Gasteiger partial charge in [0, 0.05) is 25.6 Å². The molecule has 1 fully saturated rings. The molecule has 6 nitrogen and oxygen atoms in total. The molecule has 0 spiro atoms. The Balaban J connectivity index is 1.70. The first-order valence-corrected chi connectivity index (χ1v) is 7.94. The predicted octanol–water partition coefficient (Wildman–Crippen LogP) is 2.19. The molecule has 1 aromatic carbocycles. The van der Waals surface area contributed by atoms with Gasteiger partial charge in [-0.15, -0.1) is 0 Å². The van der Waals surface area contributed by atoms with Crippen molar-refractivity contribution < 1.29 is 9.59 Å². The third-order valence-corrected chi connectivity index (χ3v) is 4.55. The number of hydrogen-bond donors (Lipinski definition) is 0. The number of anilines is 1. The van der Waals surface area contributed by atoms with Gasteiger partial charge in [-0.2, -0.15) is 5.10 Å². The van der Waals surface area contributed by atoms with Gasteiger partial charge in [-0.1, -0.05) is 31.2 Å². The van der Waals surface area contributed by atoms with Gasteiger partial charge in [0.05, 0.1) is 6.20 Å². The Kier molecular flexibility index (Phi) is 3.18. The van der Waals surface area contributed by atoms with Gasteiger partial charge in [0.25, 0.3) is 5.91 Å². The molecule has 4 rings (SSSR count). The summed E-state index contributed by atoms with van der Waals surface area (Å²) in [5.74, 6) is 0.419. The van der Waals surface area contributed by atoms with E-state index in [-0.39, 0.29) is 11.9 Å². The maximum absolute atomic E-state index is 12.8. The lowest BCUT2D eigenvalue weighted by atomic mass is 9.95. The fraction of sp³-hybridized carbons (Fsp3) is 0.353. The zero-order valence-corrected chi connectivity index (χ0v) is 13.0. The summed E-state index contributed by atoms with van der Waals surface area (Å²) < 4.78 is 1.72. The molecule has 3 heterocycles. The number of carbonyl (C=O) groups excluding carboxylic acids is 2. The van der Waals surface area contributed by atoms with E-state index in [4.69, 9.17) is 0 Å². The molecule has 0 radical (unpaired) electrons. The standard InChI is InChI=1S/C17H18N4O2/c1-2-9-20-15(7-8-18-20)21-16(22)14-10-12-5-3-4-6-13(12)11-19(14)17(21)23/h3-8,14H,2,9-11H2,1H3/t14-/m1/s1. The van der Waals surface area contributed by atoms with E-state index in [9.17, 15) is 9.59 Å². The van der Waals surface area contributed by atoms with Crippen LogP contribution in [0.2, 0.25) is 0 Å². The minimum Gasteiger partial charge on any atom is -0.307 e. The maximum Gasteiger partial charge on any atom is 0.333 e. The van der Waals surface area contributed by atoms with Gasteiger partial charge in [0.2, 0.25) is 0 Å². The lowest BCUT2D eigenvalue weighted by Gasteiger charge is -2.28. The van der Waals surface area contributed by atoms with E-state index in [2.05, 4.69) is 5.10 Å². The quantitative estimate of drug-likeness (QED) is 0.817. The monoisotopic (exact) mass is 310 g/mol. The first-order valence-electron chi connectivity index (χ1n) is 7.94. The van der Waals surface area contributed by atoms with Crippen molar-refractivity contribution in [3.8, 4) is 0 Å². The lowest BCUT2D eigenvalue weighted by molar-refractivity contribution is -0.120. The van der Waals surface area contributed by atoms with Crippen LogP contribution in [0.15, 0.2) is 36.5 Å². The molecule has 118 valence electrons. The Morgan fingerprint density at radius 2 is 1.96 bits per heavy atom. The zero-order valence-electron chi connectivity index (χ0n) is 13.0. The number of nitrogens with zero attached hydrogens (tertiary/aromatic N) is 4. The van der Waals surface area contributed by atoms with E-state index in [1.807, 2.05) is 31.2 Å². The van der Waals surface area contributed by atoms with E-state index in [1.165, 1.54) is 4.90 Å². The summed E-state index contributed by atoms with van der Waals surface area (Å²) in [4.78, 5) is 28.6. The molecule has 2 aromatic rings. The van der Waals surface area contributed by atoms with Gasteiger partial charge in [-0.3, -0.25) is 4.79 Å². The van der Waals surface area contributed by atoms with E-state index >= 15 is 0 Å². The summed E-state index contributed by atoms with van der Waals surface area (Å²) >= 11 is 0. The van der Waals surface area contributed by atoms with Gasteiger partial charge in [0.15, 0.2) is 0 Å². The summed E-state index contributed by atoms with van der Waals surface area (Å²) in [6, 6.07) is 9.09. The van der Waals surface area contributed by atoms with Crippen LogP contribution < -0.4 is 4.90 Å². The van der Waals surface area contributed by atoms with Crippen molar-refractivity contribution in [3.05, 3.63) is 47.7 Å². The van der Waals surface area contributed by atoms with Gasteiger partial charge in [0.1, 0.15) is 11.9 Å². The second kappa shape index (κ2) is 5.22. The van der Waals surface area contributed by atoms with E-state index in [0.717, 1.165) is 17.5 Å². The molecule has 1 saturated heterocycles. The van der Waals surface area contributed by atoms with Gasteiger partial charge in [-0.05, 0) is 17.5 Å². The van der Waals surface area contributed by atoms with Gasteiger partial charge >= 0.3 is 6.03 Å². The minimum absolute atomic E-state index is 0.151. The Labute approximate surface area is 134 Å². The largest absolute Gasteiger partial charge is 0.333 e. The number of amides is 3. The van der Waals surface area contributed by atoms with Crippen LogP contribution in [-0.2, 0) is 24.3 Å².